The van der Waals surface area contributed by atoms with E-state index in [0.717, 1.165) is 11.0 Å². The predicted molar refractivity (Wildman–Crippen MR) is 93.6 cm³/mol. The summed E-state index contributed by atoms with van der Waals surface area (Å²) in [6.45, 7) is 4.86. The van der Waals surface area contributed by atoms with E-state index in [0.29, 0.717) is 19.5 Å². The van der Waals surface area contributed by atoms with Crippen molar-refractivity contribution in [2.45, 2.75) is 26.8 Å². The van der Waals surface area contributed by atoms with Gasteiger partial charge < -0.3 is 4.90 Å². The lowest BCUT2D eigenvalue weighted by atomic mass is 9.61. The normalized spacial score (nSPS) is 20.6. The van der Waals surface area contributed by atoms with Crippen LogP contribution in [-0.2, 0) is 16.1 Å². The van der Waals surface area contributed by atoms with Crippen LogP contribution in [0.2, 0.25) is 0 Å². The summed E-state index contributed by atoms with van der Waals surface area (Å²) < 4.78 is 0. The van der Waals surface area contributed by atoms with Crippen LogP contribution < -0.4 is 0 Å². The standard InChI is InChI=1S/C19H19N5O2/c1-18(2)10-19(7-13(8-20)17(18)26)11-23(12-19)16(25)9-24-21-14-5-3-4-6-15(14)22-24/h3-7H,9-12H2,1-2H3. The van der Waals surface area contributed by atoms with E-state index in [1.807, 2.05) is 44.2 Å². The number of hydrogen-bond donors (Lipinski definition) is 0. The van der Waals surface area contributed by atoms with Gasteiger partial charge in [0.05, 0.1) is 5.57 Å². The fraction of sp³-hybridized carbons (Fsp3) is 0.421. The number of benzene rings is 1. The first-order valence-corrected chi connectivity index (χ1v) is 8.57. The van der Waals surface area contributed by atoms with Crippen molar-refractivity contribution in [1.82, 2.24) is 19.9 Å². The number of allylic oxidation sites excluding steroid dienone is 1. The fourth-order valence-electron chi connectivity index (χ4n) is 4.12. The molecule has 1 aliphatic carbocycles. The smallest absolute Gasteiger partial charge is 0.246 e. The Morgan fingerprint density at radius 2 is 1.85 bits per heavy atom. The summed E-state index contributed by atoms with van der Waals surface area (Å²) in [5, 5.41) is 17.9. The molecule has 1 aromatic heterocycles. The Bertz CT molecular complexity index is 956. The molecule has 2 aromatic rings. The van der Waals surface area contributed by atoms with E-state index in [-0.39, 0.29) is 29.2 Å². The van der Waals surface area contributed by atoms with Gasteiger partial charge in [-0.1, -0.05) is 32.1 Å². The largest absolute Gasteiger partial charge is 0.339 e. The quantitative estimate of drug-likeness (QED) is 0.823. The first kappa shape index (κ1) is 16.5. The van der Waals surface area contributed by atoms with Gasteiger partial charge >= 0.3 is 0 Å². The highest BCUT2D eigenvalue weighted by molar-refractivity contribution is 6.03. The molecular weight excluding hydrogens is 330 g/mol. The molecule has 2 aliphatic rings. The highest BCUT2D eigenvalue weighted by Gasteiger charge is 2.52. The Morgan fingerprint density at radius 1 is 1.23 bits per heavy atom. The van der Waals surface area contributed by atoms with Gasteiger partial charge in [-0.3, -0.25) is 9.59 Å². The van der Waals surface area contributed by atoms with Crippen molar-refractivity contribution in [3.63, 3.8) is 0 Å². The average molecular weight is 349 g/mol. The number of fused-ring (bicyclic) bond motifs is 1. The molecule has 2 heterocycles. The van der Waals surface area contributed by atoms with E-state index in [9.17, 15) is 14.9 Å². The summed E-state index contributed by atoms with van der Waals surface area (Å²) in [5.74, 6) is -0.166. The van der Waals surface area contributed by atoms with E-state index >= 15 is 0 Å². The maximum atomic E-state index is 12.5. The molecule has 0 saturated carbocycles. The third-order valence-corrected chi connectivity index (χ3v) is 5.19. The topological polar surface area (TPSA) is 91.9 Å². The Morgan fingerprint density at radius 3 is 2.42 bits per heavy atom. The number of carbonyl (C=O) groups is 2. The number of carbonyl (C=O) groups excluding carboxylic acids is 2. The van der Waals surface area contributed by atoms with Gasteiger partial charge in [-0.2, -0.15) is 20.3 Å². The van der Waals surface area contributed by atoms with Gasteiger partial charge in [0.25, 0.3) is 0 Å². The molecule has 1 spiro atoms. The number of ketones is 1. The SMILES string of the molecule is CC1(C)CC2(C=C(C#N)C1=O)CN(C(=O)Cn1nc3ccccc3n1)C2. The minimum atomic E-state index is -0.573. The first-order chi connectivity index (χ1) is 12.3. The lowest BCUT2D eigenvalue weighted by Crippen LogP contribution is -2.61. The molecule has 1 saturated heterocycles. The van der Waals surface area contributed by atoms with Gasteiger partial charge in [-0.15, -0.1) is 0 Å². The maximum Gasteiger partial charge on any atom is 0.246 e. The number of likely N-dealkylation sites (tertiary alicyclic amines) is 1. The van der Waals surface area contributed by atoms with Crippen LogP contribution in [0.5, 0.6) is 0 Å². The van der Waals surface area contributed by atoms with Crippen LogP contribution in [0.1, 0.15) is 20.3 Å². The highest BCUT2D eigenvalue weighted by atomic mass is 16.2. The Hall–Kier alpha value is -3.01. The molecule has 7 nitrogen and oxygen atoms in total. The van der Waals surface area contributed by atoms with Crippen LogP contribution >= 0.6 is 0 Å². The molecule has 0 bridgehead atoms. The molecule has 26 heavy (non-hydrogen) atoms. The van der Waals surface area contributed by atoms with E-state index in [4.69, 9.17) is 0 Å². The molecule has 1 fully saturated rings. The van der Waals surface area contributed by atoms with Crippen molar-refractivity contribution >= 4 is 22.7 Å². The zero-order valence-corrected chi connectivity index (χ0v) is 14.8. The van der Waals surface area contributed by atoms with Gasteiger partial charge in [0.1, 0.15) is 23.6 Å². The Balaban J connectivity index is 1.47. The minimum absolute atomic E-state index is 0.0578. The van der Waals surface area contributed by atoms with Crippen LogP contribution in [0.15, 0.2) is 35.9 Å². The van der Waals surface area contributed by atoms with Crippen LogP contribution in [0.3, 0.4) is 0 Å². The van der Waals surface area contributed by atoms with Crippen molar-refractivity contribution in [3.8, 4) is 6.07 Å². The second-order valence-corrected chi connectivity index (χ2v) is 7.89. The van der Waals surface area contributed by atoms with Gasteiger partial charge in [0.2, 0.25) is 5.91 Å². The third-order valence-electron chi connectivity index (χ3n) is 5.19. The second kappa shape index (κ2) is 5.49. The van der Waals surface area contributed by atoms with E-state index in [1.165, 1.54) is 4.80 Å². The molecule has 0 radical (unpaired) electrons. The van der Waals surface area contributed by atoms with Gasteiger partial charge in [0.15, 0.2) is 5.78 Å². The number of Topliss-reactive ketones (excluding diaryl/α,β-unsaturated/α-hetero) is 1. The number of amides is 1. The molecule has 4 rings (SSSR count). The van der Waals surface area contributed by atoms with E-state index in [2.05, 4.69) is 10.2 Å². The van der Waals surface area contributed by atoms with Crippen molar-refractivity contribution in [2.75, 3.05) is 13.1 Å². The summed E-state index contributed by atoms with van der Waals surface area (Å²) in [6.07, 6.45) is 2.42. The molecule has 1 aromatic carbocycles. The number of hydrogen-bond acceptors (Lipinski definition) is 5. The number of rotatable bonds is 2. The van der Waals surface area contributed by atoms with Gasteiger partial charge in [-0.25, -0.2) is 0 Å². The van der Waals surface area contributed by atoms with E-state index in [1.54, 1.807) is 11.0 Å². The summed E-state index contributed by atoms with van der Waals surface area (Å²) in [4.78, 5) is 28.0. The molecule has 0 atom stereocenters. The minimum Gasteiger partial charge on any atom is -0.339 e. The molecule has 1 amide bonds. The zero-order chi connectivity index (χ0) is 18.5. The lowest BCUT2D eigenvalue weighted by Gasteiger charge is -2.53. The second-order valence-electron chi connectivity index (χ2n) is 7.89. The van der Waals surface area contributed by atoms with Crippen molar-refractivity contribution in [2.24, 2.45) is 10.8 Å². The molecule has 0 N–H and O–H groups in total. The summed E-state index contributed by atoms with van der Waals surface area (Å²) >= 11 is 0. The highest BCUT2D eigenvalue weighted by Crippen LogP contribution is 2.47. The molecular formula is C19H19N5O2. The number of aromatic nitrogens is 3. The maximum absolute atomic E-state index is 12.5. The number of nitriles is 1. The zero-order valence-electron chi connectivity index (χ0n) is 14.8. The predicted octanol–water partition coefficient (Wildman–Crippen LogP) is 1.71. The fourth-order valence-corrected chi connectivity index (χ4v) is 4.12. The molecule has 1 aliphatic heterocycles. The van der Waals surface area contributed by atoms with Crippen LogP contribution in [0, 0.1) is 22.2 Å². The van der Waals surface area contributed by atoms with Crippen LogP contribution in [-0.4, -0.2) is 44.7 Å². The average Bonchev–Trinajstić information content (AvgIpc) is 2.97. The van der Waals surface area contributed by atoms with Crippen molar-refractivity contribution in [3.05, 3.63) is 35.9 Å². The summed E-state index contributed by atoms with van der Waals surface area (Å²) in [7, 11) is 0. The van der Waals surface area contributed by atoms with Gasteiger partial charge in [-0.05, 0) is 18.6 Å². The lowest BCUT2D eigenvalue weighted by molar-refractivity contribution is -0.145. The third kappa shape index (κ3) is 2.58. The Kier molecular flexibility index (Phi) is 3.48. The summed E-state index contributed by atoms with van der Waals surface area (Å²) in [5.41, 5.74) is 0.883. The number of nitrogens with zero attached hydrogens (tertiary/aromatic N) is 5. The molecule has 132 valence electrons. The van der Waals surface area contributed by atoms with Crippen LogP contribution in [0.25, 0.3) is 11.0 Å². The summed E-state index contributed by atoms with van der Waals surface area (Å²) in [6, 6.07) is 9.50. The van der Waals surface area contributed by atoms with Crippen molar-refractivity contribution < 1.29 is 9.59 Å². The van der Waals surface area contributed by atoms with E-state index < -0.39 is 5.41 Å². The van der Waals surface area contributed by atoms with Gasteiger partial charge in [0, 0.05) is 23.9 Å². The van der Waals surface area contributed by atoms with Crippen molar-refractivity contribution in [1.29, 1.82) is 5.26 Å². The molecule has 0 unspecified atom stereocenters. The van der Waals surface area contributed by atoms with Crippen LogP contribution in [0.4, 0.5) is 0 Å². The molecule has 7 heteroatoms. The first-order valence-electron chi connectivity index (χ1n) is 8.57. The monoisotopic (exact) mass is 349 g/mol. The Labute approximate surface area is 150 Å².